The molecule has 0 amide bonds. The van der Waals surface area contributed by atoms with Gasteiger partial charge in [0.15, 0.2) is 11.6 Å². The van der Waals surface area contributed by atoms with Gasteiger partial charge in [0.2, 0.25) is 0 Å². The van der Waals surface area contributed by atoms with E-state index in [1.807, 2.05) is 120 Å². The molecule has 12 aromatic rings. The maximum atomic E-state index is 15.2. The highest BCUT2D eigenvalue weighted by Crippen LogP contribution is 2.71. The Balaban J connectivity index is 1.03. The molecule has 696 valence electrons. The lowest BCUT2D eigenvalue weighted by atomic mass is 9.65. The minimum atomic E-state index is -0.834. The smallest absolute Gasteiger partial charge is 0.270 e. The normalized spacial score (nSPS) is 14.8. The van der Waals surface area contributed by atoms with Crippen LogP contribution in [-0.4, -0.2) is 11.6 Å². The molecule has 0 fully saturated rings. The number of nitrogens with zero attached hydrogens (tertiary/aromatic N) is 4. The molecule has 0 N–H and O–H groups in total. The summed E-state index contributed by atoms with van der Waals surface area (Å²) in [5, 5.41) is 36.1. The molecule has 0 aliphatic heterocycles. The van der Waals surface area contributed by atoms with Crippen LogP contribution in [0.1, 0.15) is 391 Å². The number of thiophene rings is 4. The number of fused-ring (bicyclic) bond motifs is 13. The van der Waals surface area contributed by atoms with E-state index >= 15 is 9.59 Å². The van der Waals surface area contributed by atoms with E-state index in [-0.39, 0.29) is 22.8 Å². The molecule has 0 saturated carbocycles. The molecular formula is C126H136N4O2S4. The van der Waals surface area contributed by atoms with Crippen molar-refractivity contribution < 1.29 is 9.59 Å². The van der Waals surface area contributed by atoms with Crippen molar-refractivity contribution in [1.82, 2.24) is 0 Å². The summed E-state index contributed by atoms with van der Waals surface area (Å²) in [5.41, 5.74) is 24.0. The quantitative estimate of drug-likeness (QED) is 0.0163. The fraction of sp³-hybridized carbons (Fsp3) is 0.397. The summed E-state index contributed by atoms with van der Waals surface area (Å²) in [6.45, 7) is 27.0. The summed E-state index contributed by atoms with van der Waals surface area (Å²) in [6.07, 6.45) is 57.5. The number of hydrogen-bond acceptors (Lipinski definition) is 9. The number of allylic oxidation sites excluding steroid dienone is 10. The number of hydrogen-bond donors (Lipinski definition) is 0. The minimum Gasteiger partial charge on any atom is -0.289 e. The molecule has 0 saturated heterocycles. The van der Waals surface area contributed by atoms with Crippen molar-refractivity contribution in [3.05, 3.63) is 337 Å². The number of rotatable bonds is 48. The van der Waals surface area contributed by atoms with E-state index in [0.717, 1.165) is 134 Å². The lowest BCUT2D eigenvalue weighted by molar-refractivity contribution is 0.103. The van der Waals surface area contributed by atoms with Crippen LogP contribution < -0.4 is 0 Å². The van der Waals surface area contributed by atoms with Crippen molar-refractivity contribution in [1.29, 1.82) is 15.8 Å². The first-order chi connectivity index (χ1) is 66.7. The summed E-state index contributed by atoms with van der Waals surface area (Å²) in [6, 6.07) is 67.6. The van der Waals surface area contributed by atoms with Crippen molar-refractivity contribution in [2.75, 3.05) is 0 Å². The van der Waals surface area contributed by atoms with Crippen molar-refractivity contribution in [3.8, 4) is 37.7 Å². The van der Waals surface area contributed by atoms with Gasteiger partial charge in [-0.25, -0.2) is 10.1 Å². The Kier molecular flexibility index (Phi) is 33.5. The molecule has 16 rings (SSSR count). The average Bonchev–Trinajstić information content (AvgIpc) is 1.48. The Bertz CT molecular complexity index is 6090. The summed E-state index contributed by atoms with van der Waals surface area (Å²) < 4.78 is 2.72. The second-order valence-corrected chi connectivity index (χ2v) is 43.3. The molecule has 136 heavy (non-hydrogen) atoms. The molecule has 0 unspecified atom stereocenters. The molecule has 4 heterocycles. The van der Waals surface area contributed by atoms with Gasteiger partial charge >= 0.3 is 0 Å². The van der Waals surface area contributed by atoms with Crippen LogP contribution in [0.2, 0.25) is 0 Å². The zero-order chi connectivity index (χ0) is 94.7. The predicted octanol–water partition coefficient (Wildman–Crippen LogP) is 36.7. The van der Waals surface area contributed by atoms with Crippen molar-refractivity contribution in [2.24, 2.45) is 0 Å². The van der Waals surface area contributed by atoms with Crippen LogP contribution in [0, 0.1) is 40.6 Å². The topological polar surface area (TPSA) is 110 Å². The van der Waals surface area contributed by atoms with Crippen LogP contribution in [0.5, 0.6) is 0 Å². The van der Waals surface area contributed by atoms with E-state index in [9.17, 15) is 15.8 Å². The third-order valence-electron chi connectivity index (χ3n) is 29.3. The van der Waals surface area contributed by atoms with Crippen LogP contribution >= 0.6 is 45.3 Å². The van der Waals surface area contributed by atoms with Crippen LogP contribution in [0.25, 0.3) is 78.6 Å². The highest BCUT2D eigenvalue weighted by molar-refractivity contribution is 7.34. The standard InChI is InChI=1S/C126H136N4O2S4/c1-10-18-26-34-48-85-64-86(49-35-27-19-11-2)69-98(68-85)125(99-70-87(50-36-28-20-12-3)65-88(71-99)51-37-29-21-13-4)110-80-102(60-46-62-104-113(97(82-127)83-128)106-76-93-56-42-44-58-95(93)78-108(106)117(104)131)133-119(110)121-115(125)123-124(135-121)116-122(136-123)120-111(81-103(134-120)61-47-63-105-114(112(84-129)130-9)107-77-94-57-43-45-59-96(94)79-109(107)118(105)132)126(116,100-72-89(52-38-30-22-14-5)66-90(73-100)53-39-31-23-15-6)101-74-91(54-40-32-24-16-7)67-92(75-101)55-41-33-25-17-8/h42-47,56-81H,10-41,48-55H2,1-8H3/b60-46+,61-47+,104-62-,105-63-,114-112-. The van der Waals surface area contributed by atoms with E-state index in [0.29, 0.717) is 44.5 Å². The maximum absolute atomic E-state index is 15.2. The molecule has 4 aromatic heterocycles. The van der Waals surface area contributed by atoms with Gasteiger partial charge in [-0.1, -0.05) is 355 Å². The Labute approximate surface area is 827 Å². The van der Waals surface area contributed by atoms with Gasteiger partial charge in [0.25, 0.3) is 5.70 Å². The Morgan fingerprint density at radius 1 is 0.324 bits per heavy atom. The van der Waals surface area contributed by atoms with Gasteiger partial charge in [0, 0.05) is 54.3 Å². The molecule has 0 spiro atoms. The molecule has 0 atom stereocenters. The first-order valence-electron chi connectivity index (χ1n) is 52.2. The van der Waals surface area contributed by atoms with E-state index in [4.69, 9.17) is 6.57 Å². The fourth-order valence-electron chi connectivity index (χ4n) is 22.4. The Morgan fingerprint density at radius 2 is 0.596 bits per heavy atom. The number of ketones is 2. The van der Waals surface area contributed by atoms with Gasteiger partial charge in [0.05, 0.1) is 52.4 Å². The van der Waals surface area contributed by atoms with Crippen molar-refractivity contribution >= 4 is 111 Å². The number of Topliss-reactive ketones (excluding diaryl/α,β-unsaturated/α-hetero) is 2. The third kappa shape index (κ3) is 20.5. The molecule has 4 aliphatic rings. The number of benzene rings is 8. The van der Waals surface area contributed by atoms with Gasteiger partial charge in [-0.2, -0.15) is 10.5 Å². The lowest BCUT2D eigenvalue weighted by Crippen LogP contribution is -2.30. The predicted molar refractivity (Wildman–Crippen MR) is 581 cm³/mol. The maximum Gasteiger partial charge on any atom is 0.270 e. The number of aryl methyl sites for hydroxylation is 8. The third-order valence-corrected chi connectivity index (χ3v) is 34.4. The Hall–Kier alpha value is -10.9. The van der Waals surface area contributed by atoms with E-state index in [1.165, 1.54) is 272 Å². The monoisotopic (exact) mass is 1860 g/mol. The number of carbonyl (C=O) groups excluding carboxylic acids is 2. The minimum absolute atomic E-state index is 0.0741. The number of unbranched alkanes of at least 4 members (excludes halogenated alkanes) is 24. The molecule has 4 aliphatic carbocycles. The summed E-state index contributed by atoms with van der Waals surface area (Å²) in [4.78, 5) is 41.5. The second kappa shape index (κ2) is 46.5. The molecule has 8 aromatic carbocycles. The number of carbonyl (C=O) groups is 2. The molecule has 6 nitrogen and oxygen atoms in total. The zero-order valence-electron chi connectivity index (χ0n) is 82.0. The van der Waals surface area contributed by atoms with Crippen molar-refractivity contribution in [3.63, 3.8) is 0 Å². The van der Waals surface area contributed by atoms with Crippen molar-refractivity contribution in [2.45, 2.75) is 323 Å². The lowest BCUT2D eigenvalue weighted by Gasteiger charge is -2.35. The average molecular weight is 1870 g/mol. The van der Waals surface area contributed by atoms with Crippen LogP contribution in [0.3, 0.4) is 0 Å². The highest BCUT2D eigenvalue weighted by Gasteiger charge is 2.56. The Morgan fingerprint density at radius 3 is 0.860 bits per heavy atom. The molecule has 10 heteroatoms. The first-order valence-corrected chi connectivity index (χ1v) is 55.4. The van der Waals surface area contributed by atoms with Gasteiger partial charge in [-0.05, 0) is 262 Å². The highest BCUT2D eigenvalue weighted by atomic mass is 32.1. The fourth-order valence-corrected chi connectivity index (χ4v) is 28.1. The second-order valence-electron chi connectivity index (χ2n) is 39.1. The first kappa shape index (κ1) is 98.1. The molecule has 0 radical (unpaired) electrons. The summed E-state index contributed by atoms with van der Waals surface area (Å²) in [7, 11) is 0. The van der Waals surface area contributed by atoms with E-state index in [1.54, 1.807) is 0 Å². The van der Waals surface area contributed by atoms with Gasteiger partial charge in [-0.15, -0.1) is 45.3 Å². The molecule has 0 bridgehead atoms. The van der Waals surface area contributed by atoms with Crippen LogP contribution in [0.4, 0.5) is 0 Å². The van der Waals surface area contributed by atoms with Gasteiger partial charge in [-0.3, -0.25) is 9.59 Å². The van der Waals surface area contributed by atoms with Crippen LogP contribution in [0.15, 0.2) is 204 Å². The summed E-state index contributed by atoms with van der Waals surface area (Å²) in [5.74, 6) is -0.373. The van der Waals surface area contributed by atoms with Gasteiger partial charge < -0.3 is 0 Å². The molecular weight excluding hydrogens is 1730 g/mol. The van der Waals surface area contributed by atoms with E-state index in [2.05, 4.69) is 198 Å². The largest absolute Gasteiger partial charge is 0.289 e. The number of nitriles is 3. The van der Waals surface area contributed by atoms with Crippen LogP contribution in [-0.2, 0) is 62.2 Å². The van der Waals surface area contributed by atoms with E-state index < -0.39 is 10.8 Å². The summed E-state index contributed by atoms with van der Waals surface area (Å²) >= 11 is 7.87. The van der Waals surface area contributed by atoms with Gasteiger partial charge in [0.1, 0.15) is 17.7 Å². The SMILES string of the molecule is [C-]#[N+]/C(C#N)=C1/C(=C/C=C/c2cc3c(s2)-c2sc4c5c(sc4c2C3(c2cc(CCCCCC)cc(CCCCCC)c2)c2cc(CCCCCC)cc(CCCCCC)c2)-c2sc(/C=C/C=C3\C(=O)c4cc6ccccc6cc4C3=C(C#N)C#N)cc2C5(c2cc(CCCCCC)cc(CCCCCC)c2)c2cc(CCCCCC)cc(CCCCCC)c2)C(=O)c2cc3ccccc3cc21. The zero-order valence-corrected chi connectivity index (χ0v) is 85.3.